The fraction of sp³-hybridized carbons (Fsp3) is 0.357. The van der Waals surface area contributed by atoms with E-state index in [2.05, 4.69) is 20.3 Å². The largest absolute Gasteiger partial charge is 0.373 e. The van der Waals surface area contributed by atoms with Crippen LogP contribution < -0.4 is 5.32 Å². The molecule has 3 rings (SSSR count). The van der Waals surface area contributed by atoms with Crippen molar-refractivity contribution in [1.29, 1.82) is 0 Å². The number of rotatable bonds is 3. The van der Waals surface area contributed by atoms with Gasteiger partial charge in [0.1, 0.15) is 17.6 Å². The monoisotopic (exact) mass is 287 g/mol. The Balaban J connectivity index is 1.75. The van der Waals surface area contributed by atoms with E-state index in [9.17, 15) is 4.79 Å². The minimum Gasteiger partial charge on any atom is -0.373 e. The molecule has 1 fully saturated rings. The fourth-order valence-electron chi connectivity index (χ4n) is 2.33. The van der Waals surface area contributed by atoms with E-state index in [-0.39, 0.29) is 12.0 Å². The summed E-state index contributed by atoms with van der Waals surface area (Å²) < 4.78 is 5.75. The number of amides is 1. The van der Waals surface area contributed by atoms with Gasteiger partial charge in [-0.2, -0.15) is 0 Å². The van der Waals surface area contributed by atoms with Gasteiger partial charge in [-0.3, -0.25) is 4.79 Å². The van der Waals surface area contributed by atoms with Crippen LogP contribution in [0.4, 0.5) is 5.82 Å². The Morgan fingerprint density at radius 3 is 3.19 bits per heavy atom. The van der Waals surface area contributed by atoms with Crippen LogP contribution in [-0.2, 0) is 4.74 Å². The average Bonchev–Trinajstić information content (AvgIpc) is 3.09. The Morgan fingerprint density at radius 2 is 2.43 bits per heavy atom. The number of carbonyl (C=O) groups excluding carboxylic acids is 1. The van der Waals surface area contributed by atoms with Crippen LogP contribution >= 0.6 is 0 Å². The smallest absolute Gasteiger partial charge is 0.272 e. The highest BCUT2D eigenvalue weighted by molar-refractivity contribution is 5.92. The van der Waals surface area contributed by atoms with Gasteiger partial charge in [0.15, 0.2) is 0 Å². The van der Waals surface area contributed by atoms with E-state index >= 15 is 0 Å². The topological polar surface area (TPSA) is 83.1 Å². The number of aromatic nitrogens is 3. The maximum absolute atomic E-state index is 12.3. The van der Waals surface area contributed by atoms with Gasteiger partial charge in [0, 0.05) is 13.6 Å². The highest BCUT2D eigenvalue weighted by Crippen LogP contribution is 2.22. The molecule has 0 radical (unpaired) electrons. The molecule has 1 aliphatic rings. The molecule has 1 saturated heterocycles. The van der Waals surface area contributed by atoms with Crippen LogP contribution in [-0.4, -0.2) is 52.5 Å². The molecule has 7 nitrogen and oxygen atoms in total. The minimum absolute atomic E-state index is 0.0643. The zero-order chi connectivity index (χ0) is 14.7. The number of ether oxygens (including phenoxy) is 1. The number of hydrogen-bond donors (Lipinski definition) is 2. The van der Waals surface area contributed by atoms with E-state index in [1.165, 1.54) is 12.5 Å². The number of aromatic amines is 1. The van der Waals surface area contributed by atoms with Gasteiger partial charge in [-0.1, -0.05) is 6.07 Å². The molecule has 0 saturated carbocycles. The lowest BCUT2D eigenvalue weighted by atomic mass is 10.1. The first-order valence-electron chi connectivity index (χ1n) is 6.82. The predicted octanol–water partition coefficient (Wildman–Crippen LogP) is 1.06. The second kappa shape index (κ2) is 5.92. The summed E-state index contributed by atoms with van der Waals surface area (Å²) in [7, 11) is 1.82. The lowest BCUT2D eigenvalue weighted by Gasteiger charge is -2.32. The minimum atomic E-state index is -0.209. The van der Waals surface area contributed by atoms with Crippen LogP contribution in [0.5, 0.6) is 0 Å². The van der Waals surface area contributed by atoms with Crippen LogP contribution in [0.1, 0.15) is 22.3 Å². The molecule has 7 heteroatoms. The third kappa shape index (κ3) is 2.87. The first-order chi connectivity index (χ1) is 10.3. The average molecular weight is 287 g/mol. The van der Waals surface area contributed by atoms with Crippen LogP contribution in [0.25, 0.3) is 0 Å². The number of pyridine rings is 1. The fourth-order valence-corrected chi connectivity index (χ4v) is 2.33. The van der Waals surface area contributed by atoms with E-state index in [0.29, 0.717) is 25.4 Å². The number of nitrogens with zero attached hydrogens (tertiary/aromatic N) is 3. The van der Waals surface area contributed by atoms with E-state index in [1.807, 2.05) is 25.2 Å². The molecule has 2 aromatic rings. The number of imidazole rings is 1. The standard InChI is InChI=1S/C14H17N5O2/c1-15-13-4-2-3-10(18-13)12-8-19(5-6-21-12)14(20)11-7-16-9-17-11/h2-4,7,9,12H,5-6,8H2,1H3,(H,15,18)(H,16,17). The zero-order valence-corrected chi connectivity index (χ0v) is 11.7. The van der Waals surface area contributed by atoms with Gasteiger partial charge in [-0.05, 0) is 12.1 Å². The molecule has 0 aromatic carbocycles. The van der Waals surface area contributed by atoms with Crippen molar-refractivity contribution in [2.75, 3.05) is 32.1 Å². The second-order valence-corrected chi connectivity index (χ2v) is 4.77. The quantitative estimate of drug-likeness (QED) is 0.882. The van der Waals surface area contributed by atoms with Crippen molar-refractivity contribution in [3.63, 3.8) is 0 Å². The van der Waals surface area contributed by atoms with Gasteiger partial charge in [0.05, 0.1) is 31.4 Å². The van der Waals surface area contributed by atoms with Gasteiger partial charge in [0.2, 0.25) is 0 Å². The van der Waals surface area contributed by atoms with Gasteiger partial charge < -0.3 is 19.9 Å². The second-order valence-electron chi connectivity index (χ2n) is 4.77. The van der Waals surface area contributed by atoms with Crippen molar-refractivity contribution in [3.8, 4) is 0 Å². The highest BCUT2D eigenvalue weighted by atomic mass is 16.5. The van der Waals surface area contributed by atoms with Crippen molar-refractivity contribution in [1.82, 2.24) is 19.9 Å². The van der Waals surface area contributed by atoms with Gasteiger partial charge in [0.25, 0.3) is 5.91 Å². The Morgan fingerprint density at radius 1 is 1.52 bits per heavy atom. The molecule has 1 amide bonds. The van der Waals surface area contributed by atoms with Gasteiger partial charge in [-0.15, -0.1) is 0 Å². The summed E-state index contributed by atoms with van der Waals surface area (Å²) in [6.07, 6.45) is 2.83. The maximum atomic E-state index is 12.3. The molecule has 1 atom stereocenters. The summed E-state index contributed by atoms with van der Waals surface area (Å²) in [4.78, 5) is 25.3. The molecule has 110 valence electrons. The maximum Gasteiger partial charge on any atom is 0.272 e. The zero-order valence-electron chi connectivity index (χ0n) is 11.7. The lowest BCUT2D eigenvalue weighted by molar-refractivity contribution is -0.0248. The van der Waals surface area contributed by atoms with Crippen molar-refractivity contribution < 1.29 is 9.53 Å². The van der Waals surface area contributed by atoms with E-state index in [4.69, 9.17) is 4.74 Å². The molecule has 3 heterocycles. The van der Waals surface area contributed by atoms with Crippen LogP contribution in [0.3, 0.4) is 0 Å². The predicted molar refractivity (Wildman–Crippen MR) is 77.0 cm³/mol. The van der Waals surface area contributed by atoms with Crippen molar-refractivity contribution >= 4 is 11.7 Å². The summed E-state index contributed by atoms with van der Waals surface area (Å²) >= 11 is 0. The van der Waals surface area contributed by atoms with Crippen LogP contribution in [0, 0.1) is 0 Å². The van der Waals surface area contributed by atoms with E-state index < -0.39 is 0 Å². The summed E-state index contributed by atoms with van der Waals surface area (Å²) in [6.45, 7) is 1.55. The molecule has 0 spiro atoms. The first kappa shape index (κ1) is 13.6. The molecule has 1 unspecified atom stereocenters. The van der Waals surface area contributed by atoms with Crippen molar-refractivity contribution in [3.05, 3.63) is 42.1 Å². The Hall–Kier alpha value is -2.41. The summed E-state index contributed by atoms with van der Waals surface area (Å²) in [5, 5.41) is 3.00. The summed E-state index contributed by atoms with van der Waals surface area (Å²) in [5.41, 5.74) is 1.32. The SMILES string of the molecule is CNc1cccc(C2CN(C(=O)c3cnc[nH]3)CCO2)n1. The molecule has 2 aromatic heterocycles. The third-order valence-electron chi connectivity index (χ3n) is 3.44. The normalized spacial score (nSPS) is 18.5. The van der Waals surface area contributed by atoms with E-state index in [1.54, 1.807) is 4.90 Å². The number of morpholine rings is 1. The molecular weight excluding hydrogens is 270 g/mol. The summed E-state index contributed by atoms with van der Waals surface area (Å²) in [5.74, 6) is 0.721. The molecular formula is C14H17N5O2. The Labute approximate surface area is 122 Å². The molecule has 0 aliphatic carbocycles. The van der Waals surface area contributed by atoms with Crippen molar-refractivity contribution in [2.45, 2.75) is 6.10 Å². The van der Waals surface area contributed by atoms with Gasteiger partial charge in [-0.25, -0.2) is 9.97 Å². The Kier molecular flexibility index (Phi) is 3.83. The summed E-state index contributed by atoms with van der Waals surface area (Å²) in [6, 6.07) is 5.72. The van der Waals surface area contributed by atoms with Crippen molar-refractivity contribution in [2.24, 2.45) is 0 Å². The van der Waals surface area contributed by atoms with Crippen LogP contribution in [0.2, 0.25) is 0 Å². The number of H-pyrrole nitrogens is 1. The van der Waals surface area contributed by atoms with Gasteiger partial charge >= 0.3 is 0 Å². The molecule has 21 heavy (non-hydrogen) atoms. The lowest BCUT2D eigenvalue weighted by Crippen LogP contribution is -2.42. The molecule has 1 aliphatic heterocycles. The first-order valence-corrected chi connectivity index (χ1v) is 6.82. The number of hydrogen-bond acceptors (Lipinski definition) is 5. The highest BCUT2D eigenvalue weighted by Gasteiger charge is 2.27. The third-order valence-corrected chi connectivity index (χ3v) is 3.44. The van der Waals surface area contributed by atoms with Crippen LogP contribution in [0.15, 0.2) is 30.7 Å². The molecule has 2 N–H and O–H groups in total. The van der Waals surface area contributed by atoms with E-state index in [0.717, 1.165) is 11.5 Å². The molecule has 0 bridgehead atoms. The number of carbonyl (C=O) groups is 1. The number of nitrogens with one attached hydrogen (secondary N) is 2. The Bertz CT molecular complexity index is 614. The number of anilines is 1.